The van der Waals surface area contributed by atoms with Gasteiger partial charge in [-0.25, -0.2) is 0 Å². The van der Waals surface area contributed by atoms with Gasteiger partial charge in [-0.05, 0) is 36.5 Å². The van der Waals surface area contributed by atoms with Gasteiger partial charge in [0.15, 0.2) is 0 Å². The van der Waals surface area contributed by atoms with Crippen LogP contribution < -0.4 is 5.32 Å². The lowest BCUT2D eigenvalue weighted by Crippen LogP contribution is -2.39. The summed E-state index contributed by atoms with van der Waals surface area (Å²) in [6.45, 7) is 3.80. The molecule has 164 valence electrons. The normalized spacial score (nSPS) is 12.5. The van der Waals surface area contributed by atoms with Gasteiger partial charge >= 0.3 is 5.97 Å². The van der Waals surface area contributed by atoms with E-state index in [2.05, 4.69) is 10.5 Å². The molecule has 0 spiro atoms. The minimum absolute atomic E-state index is 0.123. The Morgan fingerprint density at radius 2 is 1.61 bits per heavy atom. The van der Waals surface area contributed by atoms with Crippen LogP contribution in [0.1, 0.15) is 38.7 Å². The van der Waals surface area contributed by atoms with E-state index < -0.39 is 11.8 Å². The van der Waals surface area contributed by atoms with Crippen molar-refractivity contribution >= 4 is 17.8 Å². The third kappa shape index (κ3) is 8.12. The molecule has 0 aromatic heterocycles. The second-order valence-corrected chi connectivity index (χ2v) is 7.41. The van der Waals surface area contributed by atoms with Gasteiger partial charge in [0.1, 0.15) is 0 Å². The number of nitrogens with zero attached hydrogens (tertiary/aromatic N) is 1. The van der Waals surface area contributed by atoms with E-state index in [4.69, 9.17) is 4.74 Å². The molecule has 2 atom stereocenters. The molecule has 0 unspecified atom stereocenters. The largest absolute Gasteiger partial charge is 0.466 e. The smallest absolute Gasteiger partial charge is 0.308 e. The molecule has 2 amide bonds. The molecule has 2 rings (SSSR count). The van der Waals surface area contributed by atoms with Crippen molar-refractivity contribution in [3.63, 3.8) is 0 Å². The second-order valence-electron chi connectivity index (χ2n) is 7.41. The summed E-state index contributed by atoms with van der Waals surface area (Å²) in [6.07, 6.45) is 0.554. The van der Waals surface area contributed by atoms with Crippen LogP contribution in [0.2, 0.25) is 0 Å². The summed E-state index contributed by atoms with van der Waals surface area (Å²) < 4.78 is 5.07. The van der Waals surface area contributed by atoms with Gasteiger partial charge in [0, 0.05) is 24.1 Å². The van der Waals surface area contributed by atoms with E-state index in [1.165, 1.54) is 0 Å². The number of esters is 1. The fourth-order valence-electron chi connectivity index (χ4n) is 3.32. The van der Waals surface area contributed by atoms with Gasteiger partial charge in [-0.2, -0.15) is 0 Å². The maximum Gasteiger partial charge on any atom is 0.308 e. The molecule has 0 heterocycles. The second kappa shape index (κ2) is 12.4. The predicted molar refractivity (Wildman–Crippen MR) is 118 cm³/mol. The molecule has 2 aromatic carbocycles. The van der Waals surface area contributed by atoms with Crippen molar-refractivity contribution in [3.05, 3.63) is 65.1 Å². The zero-order valence-corrected chi connectivity index (χ0v) is 17.9. The number of hydrogen-bond donors (Lipinski definition) is 1. The summed E-state index contributed by atoms with van der Waals surface area (Å²) in [7, 11) is 0. The monoisotopic (exact) mass is 424 g/mol. The summed E-state index contributed by atoms with van der Waals surface area (Å²) in [5.74, 6) is -1.93. The summed E-state index contributed by atoms with van der Waals surface area (Å²) in [5, 5.41) is 5.18. The number of carbonyl (C=O) groups is 3. The molecule has 7 heteroatoms. The Morgan fingerprint density at radius 3 is 2.23 bits per heavy atom. The van der Waals surface area contributed by atoms with Crippen molar-refractivity contribution in [2.45, 2.75) is 45.6 Å². The van der Waals surface area contributed by atoms with Gasteiger partial charge in [-0.15, -0.1) is 4.91 Å². The fourth-order valence-corrected chi connectivity index (χ4v) is 3.32. The Labute approximate surface area is 182 Å². The average molecular weight is 424 g/mol. The van der Waals surface area contributed by atoms with Crippen molar-refractivity contribution in [1.82, 2.24) is 5.32 Å². The van der Waals surface area contributed by atoms with Crippen LogP contribution >= 0.6 is 0 Å². The van der Waals surface area contributed by atoms with E-state index in [0.29, 0.717) is 19.4 Å². The maximum atomic E-state index is 12.3. The van der Waals surface area contributed by atoms with Crippen LogP contribution in [0.5, 0.6) is 0 Å². The molecule has 0 saturated heterocycles. The van der Waals surface area contributed by atoms with Crippen molar-refractivity contribution in [1.29, 1.82) is 0 Å². The number of hydrogen-bond acceptors (Lipinski definition) is 5. The first kappa shape index (κ1) is 23.9. The maximum absolute atomic E-state index is 12.3. The van der Waals surface area contributed by atoms with Crippen LogP contribution in [0.25, 0.3) is 11.1 Å². The van der Waals surface area contributed by atoms with Gasteiger partial charge in [-0.1, -0.05) is 61.5 Å². The van der Waals surface area contributed by atoms with E-state index in [1.54, 1.807) is 13.8 Å². The number of nitrogens with one attached hydrogen (secondary N) is 1. The van der Waals surface area contributed by atoms with Crippen LogP contribution in [0.3, 0.4) is 0 Å². The lowest BCUT2D eigenvalue weighted by atomic mass is 9.94. The first-order valence-corrected chi connectivity index (χ1v) is 10.4. The highest BCUT2D eigenvalue weighted by Crippen LogP contribution is 2.21. The van der Waals surface area contributed by atoms with Gasteiger partial charge in [0.2, 0.25) is 5.91 Å². The standard InChI is InChI=1S/C24H28N2O5/c1-3-31-24(29)17(2)15-21(25-22(27)13-14-23(28)26-30)16-18-9-11-20(12-10-18)19-7-5-4-6-8-19/h4-12,17,21H,3,13-16H2,1-2H3,(H,25,27)/t17-,21+/m1/s1. The van der Waals surface area contributed by atoms with Crippen molar-refractivity contribution in [2.75, 3.05) is 6.61 Å². The highest BCUT2D eigenvalue weighted by molar-refractivity contribution is 5.84. The molecule has 0 aliphatic rings. The first-order valence-electron chi connectivity index (χ1n) is 10.4. The van der Waals surface area contributed by atoms with Crippen LogP contribution in [0.4, 0.5) is 0 Å². The molecule has 2 aromatic rings. The van der Waals surface area contributed by atoms with Gasteiger partial charge in [0.05, 0.1) is 12.5 Å². The predicted octanol–water partition coefficient (Wildman–Crippen LogP) is 4.04. The fraction of sp³-hybridized carbons (Fsp3) is 0.375. The van der Waals surface area contributed by atoms with E-state index in [0.717, 1.165) is 16.7 Å². The van der Waals surface area contributed by atoms with Crippen molar-refractivity contribution < 1.29 is 19.1 Å². The lowest BCUT2D eigenvalue weighted by Gasteiger charge is -2.22. The zero-order chi connectivity index (χ0) is 22.6. The van der Waals surface area contributed by atoms with Crippen molar-refractivity contribution in [2.24, 2.45) is 11.1 Å². The number of ether oxygens (including phenoxy) is 1. The molecule has 7 nitrogen and oxygen atoms in total. The third-order valence-electron chi connectivity index (χ3n) is 4.90. The van der Waals surface area contributed by atoms with Crippen LogP contribution in [0.15, 0.2) is 59.8 Å². The molecule has 0 radical (unpaired) electrons. The van der Waals surface area contributed by atoms with Gasteiger partial charge in [-0.3, -0.25) is 14.4 Å². The number of amides is 2. The Balaban J connectivity index is 2.07. The number of rotatable bonds is 11. The molecule has 1 N–H and O–H groups in total. The van der Waals surface area contributed by atoms with Crippen molar-refractivity contribution in [3.8, 4) is 11.1 Å². The highest BCUT2D eigenvalue weighted by Gasteiger charge is 2.22. The van der Waals surface area contributed by atoms with E-state index in [-0.39, 0.29) is 30.8 Å². The van der Waals surface area contributed by atoms with E-state index >= 15 is 0 Å². The minimum atomic E-state index is -0.858. The Bertz CT molecular complexity index is 881. The molecule has 0 aliphatic carbocycles. The molecule has 0 bridgehead atoms. The topological polar surface area (TPSA) is 102 Å². The van der Waals surface area contributed by atoms with Crippen LogP contribution in [0, 0.1) is 10.8 Å². The molecular formula is C24H28N2O5. The number of nitroso groups, excluding NO2 is 1. The summed E-state index contributed by atoms with van der Waals surface area (Å²) in [5.41, 5.74) is 3.21. The SMILES string of the molecule is CCOC(=O)[C@H](C)C[C@@H](Cc1ccc(-c2ccccc2)cc1)NC(=O)CCC(=O)N=O. The molecule has 0 fully saturated rings. The number of benzene rings is 2. The van der Waals surface area contributed by atoms with Crippen LogP contribution in [-0.2, 0) is 25.5 Å². The molecule has 31 heavy (non-hydrogen) atoms. The van der Waals surface area contributed by atoms with E-state index in [1.807, 2.05) is 54.6 Å². The molecular weight excluding hydrogens is 396 g/mol. The van der Waals surface area contributed by atoms with E-state index in [9.17, 15) is 19.3 Å². The third-order valence-corrected chi connectivity index (χ3v) is 4.90. The molecule has 0 saturated carbocycles. The quantitative estimate of drug-likeness (QED) is 0.433. The summed E-state index contributed by atoms with van der Waals surface area (Å²) in [6, 6.07) is 17.7. The van der Waals surface area contributed by atoms with Crippen LogP contribution in [-0.4, -0.2) is 30.4 Å². The molecule has 0 aliphatic heterocycles. The number of carbonyl (C=O) groups excluding carboxylic acids is 3. The summed E-state index contributed by atoms with van der Waals surface area (Å²) >= 11 is 0. The lowest BCUT2D eigenvalue weighted by molar-refractivity contribution is -0.148. The summed E-state index contributed by atoms with van der Waals surface area (Å²) in [4.78, 5) is 45.6. The zero-order valence-electron chi connectivity index (χ0n) is 17.9. The van der Waals surface area contributed by atoms with Gasteiger partial charge in [0.25, 0.3) is 5.91 Å². The average Bonchev–Trinajstić information content (AvgIpc) is 2.78. The van der Waals surface area contributed by atoms with Gasteiger partial charge < -0.3 is 10.1 Å². The Kier molecular flexibility index (Phi) is 9.55. The Hall–Kier alpha value is -3.35. The minimum Gasteiger partial charge on any atom is -0.466 e. The Morgan fingerprint density at radius 1 is 0.968 bits per heavy atom. The highest BCUT2D eigenvalue weighted by atomic mass is 16.5. The first-order chi connectivity index (χ1) is 14.9.